The van der Waals surface area contributed by atoms with Crippen molar-refractivity contribution in [3.63, 3.8) is 0 Å². The summed E-state index contributed by atoms with van der Waals surface area (Å²) in [6.45, 7) is -0.232. The number of methoxy groups -OCH3 is 1. The summed E-state index contributed by atoms with van der Waals surface area (Å²) < 4.78 is 69.3. The number of nitrogens with one attached hydrogen (secondary N) is 1. The lowest BCUT2D eigenvalue weighted by Gasteiger charge is -2.14. The molecule has 1 N–H and O–H groups in total. The molecule has 0 aliphatic rings. The highest BCUT2D eigenvalue weighted by Crippen LogP contribution is 2.33. The minimum atomic E-state index is -5.97. The third-order valence-corrected chi connectivity index (χ3v) is 3.78. The van der Waals surface area contributed by atoms with Gasteiger partial charge in [-0.15, -0.1) is 0 Å². The molecule has 7 nitrogen and oxygen atoms in total. The van der Waals surface area contributed by atoms with Crippen molar-refractivity contribution in [1.29, 1.82) is 0 Å². The Morgan fingerprint density at radius 1 is 1.29 bits per heavy atom. The van der Waals surface area contributed by atoms with E-state index in [-0.39, 0.29) is 12.2 Å². The summed E-state index contributed by atoms with van der Waals surface area (Å²) >= 11 is 0. The van der Waals surface area contributed by atoms with E-state index in [9.17, 15) is 26.4 Å². The highest BCUT2D eigenvalue weighted by Gasteiger charge is 2.49. The second-order valence-electron chi connectivity index (χ2n) is 4.44. The Labute approximate surface area is 134 Å². The lowest BCUT2D eigenvalue weighted by atomic mass is 10.1. The van der Waals surface area contributed by atoms with Crippen molar-refractivity contribution in [2.45, 2.75) is 5.51 Å². The monoisotopic (exact) mass is 364 g/mol. The second kappa shape index (κ2) is 6.61. The first-order chi connectivity index (χ1) is 11.2. The van der Waals surface area contributed by atoms with Crippen molar-refractivity contribution in [2.24, 2.45) is 0 Å². The van der Waals surface area contributed by atoms with Crippen LogP contribution in [0.15, 0.2) is 30.5 Å². The first-order valence-corrected chi connectivity index (χ1v) is 7.74. The van der Waals surface area contributed by atoms with Crippen molar-refractivity contribution in [3.05, 3.63) is 36.0 Å². The van der Waals surface area contributed by atoms with Crippen LogP contribution in [0.4, 0.5) is 13.2 Å². The predicted octanol–water partition coefficient (Wildman–Crippen LogP) is 1.80. The van der Waals surface area contributed by atoms with E-state index >= 15 is 0 Å². The highest BCUT2D eigenvalue weighted by molar-refractivity contribution is 7.88. The number of fused-ring (bicyclic) bond motifs is 1. The van der Waals surface area contributed by atoms with E-state index in [1.54, 1.807) is 0 Å². The topological polar surface area (TPSA) is 94.6 Å². The molecule has 0 aliphatic carbocycles. The SMILES string of the molecule is COCNC(=O)c1ccc2cccnc2c1OS(=O)(=O)C(F)(F)F. The third-order valence-electron chi connectivity index (χ3n) is 2.83. The molecular formula is C13H11F3N2O5S. The number of nitrogens with zero attached hydrogens (tertiary/aromatic N) is 1. The van der Waals surface area contributed by atoms with Gasteiger partial charge in [0.25, 0.3) is 5.91 Å². The molecule has 0 aliphatic heterocycles. The van der Waals surface area contributed by atoms with Crippen LogP contribution in [0.25, 0.3) is 10.9 Å². The number of carbonyl (C=O) groups excluding carboxylic acids is 1. The summed E-state index contributed by atoms with van der Waals surface area (Å²) in [4.78, 5) is 15.8. The van der Waals surface area contributed by atoms with Crippen LogP contribution in [0.3, 0.4) is 0 Å². The van der Waals surface area contributed by atoms with Gasteiger partial charge in [-0.3, -0.25) is 9.78 Å². The number of rotatable bonds is 5. The Morgan fingerprint density at radius 2 is 2.00 bits per heavy atom. The van der Waals surface area contributed by atoms with Gasteiger partial charge in [-0.2, -0.15) is 21.6 Å². The van der Waals surface area contributed by atoms with E-state index in [0.29, 0.717) is 5.39 Å². The maximum Gasteiger partial charge on any atom is 0.534 e. The molecule has 1 aromatic heterocycles. The van der Waals surface area contributed by atoms with E-state index in [4.69, 9.17) is 0 Å². The molecular weight excluding hydrogens is 353 g/mol. The van der Waals surface area contributed by atoms with Gasteiger partial charge < -0.3 is 14.2 Å². The first kappa shape index (κ1) is 17.9. The number of hydrogen-bond donors (Lipinski definition) is 1. The van der Waals surface area contributed by atoms with Gasteiger partial charge in [0.2, 0.25) is 0 Å². The molecule has 1 heterocycles. The molecule has 0 saturated carbocycles. The third kappa shape index (κ3) is 3.57. The van der Waals surface area contributed by atoms with Crippen LogP contribution < -0.4 is 9.50 Å². The average Bonchev–Trinajstić information content (AvgIpc) is 2.51. The number of carbonyl (C=O) groups is 1. The largest absolute Gasteiger partial charge is 0.534 e. The number of ether oxygens (including phenoxy) is 1. The van der Waals surface area contributed by atoms with Gasteiger partial charge >= 0.3 is 15.6 Å². The summed E-state index contributed by atoms with van der Waals surface area (Å²) in [6, 6.07) is 5.51. The van der Waals surface area contributed by atoms with E-state index in [0.717, 1.165) is 6.07 Å². The van der Waals surface area contributed by atoms with Crippen molar-refractivity contribution in [1.82, 2.24) is 10.3 Å². The zero-order chi connectivity index (χ0) is 18.0. The van der Waals surface area contributed by atoms with Crippen LogP contribution in [0.2, 0.25) is 0 Å². The van der Waals surface area contributed by atoms with Gasteiger partial charge in [0.1, 0.15) is 12.2 Å². The summed E-state index contributed by atoms with van der Waals surface area (Å²) in [5, 5.41) is 2.53. The lowest BCUT2D eigenvalue weighted by molar-refractivity contribution is -0.0499. The first-order valence-electron chi connectivity index (χ1n) is 6.33. The van der Waals surface area contributed by atoms with E-state index < -0.39 is 32.8 Å². The molecule has 11 heteroatoms. The molecule has 2 rings (SSSR count). The van der Waals surface area contributed by atoms with E-state index in [1.165, 1.54) is 31.5 Å². The lowest BCUT2D eigenvalue weighted by Crippen LogP contribution is -2.30. The quantitative estimate of drug-likeness (QED) is 0.494. The Morgan fingerprint density at radius 3 is 2.62 bits per heavy atom. The number of amides is 1. The normalized spacial score (nSPS) is 12.2. The van der Waals surface area contributed by atoms with Crippen LogP contribution in [0.5, 0.6) is 5.75 Å². The Balaban J connectivity index is 2.61. The summed E-state index contributed by atoms with van der Waals surface area (Å²) in [5.74, 6) is -1.68. The van der Waals surface area contributed by atoms with Crippen LogP contribution in [-0.4, -0.2) is 38.7 Å². The number of alkyl halides is 3. The molecule has 1 aromatic carbocycles. The van der Waals surface area contributed by atoms with Gasteiger partial charge in [-0.1, -0.05) is 12.1 Å². The average molecular weight is 364 g/mol. The van der Waals surface area contributed by atoms with Crippen LogP contribution in [0.1, 0.15) is 10.4 Å². The van der Waals surface area contributed by atoms with Crippen LogP contribution in [0, 0.1) is 0 Å². The molecule has 24 heavy (non-hydrogen) atoms. The van der Waals surface area contributed by atoms with Crippen LogP contribution in [-0.2, 0) is 14.9 Å². The van der Waals surface area contributed by atoms with E-state index in [2.05, 4.69) is 19.2 Å². The molecule has 0 atom stereocenters. The Bertz CT molecular complexity index is 868. The molecule has 1 amide bonds. The number of halogens is 3. The van der Waals surface area contributed by atoms with Crippen LogP contribution >= 0.6 is 0 Å². The second-order valence-corrected chi connectivity index (χ2v) is 5.98. The molecule has 0 unspecified atom stereocenters. The van der Waals surface area contributed by atoms with Gasteiger partial charge in [0.15, 0.2) is 5.75 Å². The molecule has 0 saturated heterocycles. The Hall–Kier alpha value is -2.40. The molecule has 0 bridgehead atoms. The molecule has 0 fully saturated rings. The molecule has 130 valence electrons. The smallest absolute Gasteiger partial charge is 0.373 e. The number of benzene rings is 1. The fourth-order valence-corrected chi connectivity index (χ4v) is 2.25. The Kier molecular flexibility index (Phi) is 4.94. The van der Waals surface area contributed by atoms with Gasteiger partial charge in [-0.05, 0) is 12.1 Å². The molecule has 0 spiro atoms. The maximum atomic E-state index is 12.6. The number of pyridine rings is 1. The molecule has 2 aromatic rings. The standard InChI is InChI=1S/C13H11F3N2O5S/c1-22-7-18-12(19)9-5-4-8-3-2-6-17-10(8)11(9)23-24(20,21)13(14,15)16/h2-6H,7H2,1H3,(H,18,19). The van der Waals surface area contributed by atoms with Crippen molar-refractivity contribution < 1.29 is 35.3 Å². The van der Waals surface area contributed by atoms with Gasteiger partial charge in [0.05, 0.1) is 5.56 Å². The van der Waals surface area contributed by atoms with Gasteiger partial charge in [-0.25, -0.2) is 0 Å². The molecule has 0 radical (unpaired) electrons. The van der Waals surface area contributed by atoms with Crippen molar-refractivity contribution in [2.75, 3.05) is 13.8 Å². The predicted molar refractivity (Wildman–Crippen MR) is 76.7 cm³/mol. The minimum Gasteiger partial charge on any atom is -0.373 e. The highest BCUT2D eigenvalue weighted by atomic mass is 32.2. The van der Waals surface area contributed by atoms with Crippen molar-refractivity contribution in [3.8, 4) is 5.75 Å². The summed E-state index contributed by atoms with van der Waals surface area (Å²) in [7, 11) is -4.68. The van der Waals surface area contributed by atoms with Gasteiger partial charge in [0, 0.05) is 18.7 Å². The van der Waals surface area contributed by atoms with Crippen molar-refractivity contribution >= 4 is 26.9 Å². The number of aromatic nitrogens is 1. The minimum absolute atomic E-state index is 0.199. The summed E-state index contributed by atoms with van der Waals surface area (Å²) in [5.41, 5.74) is -6.27. The maximum absolute atomic E-state index is 12.6. The summed E-state index contributed by atoms with van der Waals surface area (Å²) in [6.07, 6.45) is 1.23. The fourth-order valence-electron chi connectivity index (χ4n) is 1.77. The fraction of sp³-hybridized carbons (Fsp3) is 0.231. The number of hydrogen-bond acceptors (Lipinski definition) is 6. The van der Waals surface area contributed by atoms with E-state index in [1.807, 2.05) is 0 Å². The zero-order valence-electron chi connectivity index (χ0n) is 12.1. The zero-order valence-corrected chi connectivity index (χ0v) is 12.9.